The molecule has 0 bridgehead atoms. The van der Waals surface area contributed by atoms with Crippen LogP contribution in [0.5, 0.6) is 0 Å². The molecule has 7 nitrogen and oxygen atoms in total. The van der Waals surface area contributed by atoms with Crippen LogP contribution in [0.3, 0.4) is 0 Å². The van der Waals surface area contributed by atoms with Gasteiger partial charge in [-0.15, -0.1) is 0 Å². The van der Waals surface area contributed by atoms with E-state index in [0.717, 1.165) is 0 Å². The molecule has 1 N–H and O–H groups in total. The monoisotopic (exact) mass is 399 g/mol. The smallest absolute Gasteiger partial charge is 0.309 e. The number of hydrogen-bond acceptors (Lipinski definition) is 4. The summed E-state index contributed by atoms with van der Waals surface area (Å²) in [6.07, 6.45) is 1.12. The van der Waals surface area contributed by atoms with Crippen molar-refractivity contribution >= 4 is 52.1 Å². The van der Waals surface area contributed by atoms with Crippen LogP contribution in [0.2, 0.25) is 15.1 Å². The number of rotatable bonds is 4. The van der Waals surface area contributed by atoms with E-state index in [0.29, 0.717) is 21.9 Å². The zero-order valence-corrected chi connectivity index (χ0v) is 14.5. The van der Waals surface area contributed by atoms with E-state index in [4.69, 9.17) is 34.8 Å². The number of fused-ring (bicyclic) bond motifs is 1. The van der Waals surface area contributed by atoms with Gasteiger partial charge in [-0.05, 0) is 12.1 Å². The van der Waals surface area contributed by atoms with Crippen LogP contribution < -0.4 is 0 Å². The minimum absolute atomic E-state index is 0.0293. The van der Waals surface area contributed by atoms with E-state index < -0.39 is 10.9 Å². The van der Waals surface area contributed by atoms with E-state index in [1.807, 2.05) is 0 Å². The van der Waals surface area contributed by atoms with Gasteiger partial charge in [-0.2, -0.15) is 0 Å². The molecule has 0 unspecified atom stereocenters. The van der Waals surface area contributed by atoms with Crippen LogP contribution in [0.15, 0.2) is 30.5 Å². The summed E-state index contributed by atoms with van der Waals surface area (Å²) in [6.45, 7) is 0. The molecule has 0 aliphatic rings. The Labute approximate surface area is 155 Å². The highest BCUT2D eigenvalue weighted by atomic mass is 35.5. The van der Waals surface area contributed by atoms with Crippen molar-refractivity contribution in [3.05, 3.63) is 61.3 Å². The molecule has 0 spiro atoms. The second kappa shape index (κ2) is 6.51. The quantitative estimate of drug-likeness (QED) is 0.514. The molecular weight excluding hydrogens is 393 g/mol. The second-order valence-electron chi connectivity index (χ2n) is 5.10. The van der Waals surface area contributed by atoms with Crippen LogP contribution in [-0.4, -0.2) is 25.4 Å². The number of nitro benzene ring substituents is 1. The van der Waals surface area contributed by atoms with Gasteiger partial charge in [-0.25, -0.2) is 4.98 Å². The zero-order chi connectivity index (χ0) is 18.3. The Morgan fingerprint density at radius 1 is 1.24 bits per heavy atom. The molecule has 0 saturated heterocycles. The van der Waals surface area contributed by atoms with Gasteiger partial charge < -0.3 is 9.51 Å². The summed E-state index contributed by atoms with van der Waals surface area (Å²) < 4.78 is 1.47. The largest absolute Gasteiger partial charge is 0.481 e. The third-order valence-corrected chi connectivity index (χ3v) is 4.28. The van der Waals surface area contributed by atoms with E-state index in [9.17, 15) is 20.0 Å². The van der Waals surface area contributed by atoms with Gasteiger partial charge in [-0.1, -0.05) is 40.9 Å². The Balaban J connectivity index is 2.32. The second-order valence-corrected chi connectivity index (χ2v) is 6.35. The predicted octanol–water partition coefficient (Wildman–Crippen LogP) is 4.50. The van der Waals surface area contributed by atoms with Crippen LogP contribution in [0.25, 0.3) is 16.9 Å². The molecule has 0 amide bonds. The lowest BCUT2D eigenvalue weighted by Crippen LogP contribution is -2.05. The third kappa shape index (κ3) is 3.26. The molecule has 0 fully saturated rings. The Morgan fingerprint density at radius 2 is 1.96 bits per heavy atom. The van der Waals surface area contributed by atoms with Crippen LogP contribution in [0.1, 0.15) is 5.69 Å². The van der Waals surface area contributed by atoms with E-state index in [1.54, 1.807) is 0 Å². The summed E-state index contributed by atoms with van der Waals surface area (Å²) in [5, 5.41) is 20.8. The highest BCUT2D eigenvalue weighted by molar-refractivity contribution is 6.36. The lowest BCUT2D eigenvalue weighted by molar-refractivity contribution is -0.384. The van der Waals surface area contributed by atoms with Gasteiger partial charge in [0.2, 0.25) is 0 Å². The molecule has 10 heteroatoms. The summed E-state index contributed by atoms with van der Waals surface area (Å²) in [5.41, 5.74) is 0.898. The first-order valence-corrected chi connectivity index (χ1v) is 7.93. The van der Waals surface area contributed by atoms with Crippen LogP contribution >= 0.6 is 34.8 Å². The molecule has 0 saturated carbocycles. The Kier molecular flexibility index (Phi) is 4.55. The molecule has 0 atom stereocenters. The SMILES string of the molecule is O=C(O)Cc1c(-c2ccc(Cl)c([N+](=O)[O-])c2)nc2c(Cl)cc(Cl)cn12. The zero-order valence-electron chi connectivity index (χ0n) is 12.2. The number of hydrogen-bond donors (Lipinski definition) is 1. The first-order chi connectivity index (χ1) is 11.8. The van der Waals surface area contributed by atoms with Gasteiger partial charge >= 0.3 is 5.97 Å². The molecule has 25 heavy (non-hydrogen) atoms. The molecule has 0 aliphatic carbocycles. The number of carboxylic acid groups (broad SMARTS) is 1. The molecular formula is C15H8Cl3N3O4. The van der Waals surface area contributed by atoms with E-state index in [-0.39, 0.29) is 27.8 Å². The fourth-order valence-electron chi connectivity index (χ4n) is 2.46. The van der Waals surface area contributed by atoms with Crippen molar-refractivity contribution in [2.45, 2.75) is 6.42 Å². The number of carboxylic acids is 1. The fourth-order valence-corrected chi connectivity index (χ4v) is 3.16. The number of imidazole rings is 1. The molecule has 3 rings (SSSR count). The summed E-state index contributed by atoms with van der Waals surface area (Å²) >= 11 is 17.9. The lowest BCUT2D eigenvalue weighted by Gasteiger charge is -2.04. The van der Waals surface area contributed by atoms with Crippen molar-refractivity contribution < 1.29 is 14.8 Å². The van der Waals surface area contributed by atoms with Gasteiger partial charge in [0.15, 0.2) is 5.65 Å². The Hall–Kier alpha value is -2.35. The van der Waals surface area contributed by atoms with Crippen molar-refractivity contribution in [1.29, 1.82) is 0 Å². The fraction of sp³-hybridized carbons (Fsp3) is 0.0667. The van der Waals surface area contributed by atoms with E-state index in [2.05, 4.69) is 4.98 Å². The lowest BCUT2D eigenvalue weighted by atomic mass is 10.1. The number of nitro groups is 1. The van der Waals surface area contributed by atoms with Crippen molar-refractivity contribution in [3.63, 3.8) is 0 Å². The number of pyridine rings is 1. The molecule has 2 aromatic heterocycles. The summed E-state index contributed by atoms with van der Waals surface area (Å²) in [5.74, 6) is -1.09. The van der Waals surface area contributed by atoms with Gasteiger partial charge in [-0.3, -0.25) is 14.9 Å². The highest BCUT2D eigenvalue weighted by Crippen LogP contribution is 2.34. The third-order valence-electron chi connectivity index (χ3n) is 3.48. The average Bonchev–Trinajstić information content (AvgIpc) is 2.86. The summed E-state index contributed by atoms with van der Waals surface area (Å²) in [4.78, 5) is 26.1. The van der Waals surface area contributed by atoms with Gasteiger partial charge in [0.25, 0.3) is 5.69 Å². The van der Waals surface area contributed by atoms with Crippen molar-refractivity contribution in [3.8, 4) is 11.3 Å². The minimum Gasteiger partial charge on any atom is -0.481 e. The number of aliphatic carboxylic acids is 1. The van der Waals surface area contributed by atoms with E-state index in [1.165, 1.54) is 34.9 Å². The Morgan fingerprint density at radius 3 is 2.60 bits per heavy atom. The van der Waals surface area contributed by atoms with Crippen LogP contribution in [0, 0.1) is 10.1 Å². The van der Waals surface area contributed by atoms with Gasteiger partial charge in [0, 0.05) is 17.8 Å². The number of halogens is 3. The molecule has 3 aromatic rings. The summed E-state index contributed by atoms with van der Waals surface area (Å²) in [6, 6.07) is 5.60. The molecule has 1 aromatic carbocycles. The number of benzene rings is 1. The van der Waals surface area contributed by atoms with Gasteiger partial charge in [0.05, 0.1) is 32.8 Å². The van der Waals surface area contributed by atoms with Crippen LogP contribution in [0.4, 0.5) is 5.69 Å². The normalized spacial score (nSPS) is 11.0. The molecule has 0 aliphatic heterocycles. The molecule has 128 valence electrons. The molecule has 2 heterocycles. The number of carbonyl (C=O) groups is 1. The molecule has 0 radical (unpaired) electrons. The highest BCUT2D eigenvalue weighted by Gasteiger charge is 2.21. The van der Waals surface area contributed by atoms with Crippen molar-refractivity contribution in [2.75, 3.05) is 0 Å². The average molecular weight is 401 g/mol. The number of aromatic nitrogens is 2. The van der Waals surface area contributed by atoms with Crippen molar-refractivity contribution in [2.24, 2.45) is 0 Å². The van der Waals surface area contributed by atoms with Gasteiger partial charge in [0.1, 0.15) is 5.02 Å². The van der Waals surface area contributed by atoms with Crippen LogP contribution in [-0.2, 0) is 11.2 Å². The van der Waals surface area contributed by atoms with Crippen molar-refractivity contribution in [1.82, 2.24) is 9.38 Å². The maximum atomic E-state index is 11.3. The maximum absolute atomic E-state index is 11.3. The summed E-state index contributed by atoms with van der Waals surface area (Å²) in [7, 11) is 0. The Bertz CT molecular complexity index is 1030. The predicted molar refractivity (Wildman–Crippen MR) is 93.7 cm³/mol. The topological polar surface area (TPSA) is 97.7 Å². The first kappa shape index (κ1) is 17.5. The van der Waals surface area contributed by atoms with E-state index >= 15 is 0 Å². The standard InChI is InChI=1S/C15H8Cl3N3O4/c16-8-4-10(18)15-19-14(12(5-13(22)23)20(15)6-8)7-1-2-9(17)11(3-7)21(24)25/h1-4,6H,5H2,(H,22,23). The minimum atomic E-state index is -1.09. The maximum Gasteiger partial charge on any atom is 0.309 e. The first-order valence-electron chi connectivity index (χ1n) is 6.80. The number of nitrogens with zero attached hydrogens (tertiary/aromatic N) is 3.